The van der Waals surface area contributed by atoms with Crippen LogP contribution >= 0.6 is 15.6 Å². The lowest BCUT2D eigenvalue weighted by atomic mass is 9.99. The van der Waals surface area contributed by atoms with E-state index < -0.39 is 97.5 Å². The molecule has 0 saturated carbocycles. The topological polar surface area (TPSA) is 237 Å². The maximum Gasteiger partial charge on any atom is 0.472 e. The first kappa shape index (κ1) is 105. The Morgan fingerprint density at radius 2 is 0.477 bits per heavy atom. The third kappa shape index (κ3) is 80.5. The molecular weight excluding hydrogens is 1390 g/mol. The van der Waals surface area contributed by atoms with Gasteiger partial charge in [-0.2, -0.15) is 0 Å². The molecule has 0 aliphatic heterocycles. The summed E-state index contributed by atoms with van der Waals surface area (Å²) in [5, 5.41) is 10.7. The van der Waals surface area contributed by atoms with E-state index in [1.165, 1.54) is 276 Å². The minimum absolute atomic E-state index is 0.108. The van der Waals surface area contributed by atoms with Gasteiger partial charge in [-0.05, 0) is 43.4 Å². The number of unbranched alkanes of at least 4 members (excludes halogenated alkanes) is 53. The Morgan fingerprint density at radius 1 is 0.271 bits per heavy atom. The zero-order valence-electron chi connectivity index (χ0n) is 70.6. The van der Waals surface area contributed by atoms with Crippen LogP contribution in [0.5, 0.6) is 0 Å². The summed E-state index contributed by atoms with van der Waals surface area (Å²) in [6.45, 7) is 12.1. The van der Waals surface area contributed by atoms with E-state index in [4.69, 9.17) is 37.0 Å². The minimum atomic E-state index is -4.97. The molecule has 0 fully saturated rings. The van der Waals surface area contributed by atoms with Crippen LogP contribution in [0.25, 0.3) is 0 Å². The van der Waals surface area contributed by atoms with Crippen LogP contribution in [0.4, 0.5) is 0 Å². The predicted molar refractivity (Wildman–Crippen MR) is 441 cm³/mol. The van der Waals surface area contributed by atoms with Gasteiger partial charge in [0, 0.05) is 25.7 Å². The van der Waals surface area contributed by atoms with E-state index >= 15 is 0 Å². The molecule has 0 heterocycles. The lowest BCUT2D eigenvalue weighted by Crippen LogP contribution is -2.30. The quantitative estimate of drug-likeness (QED) is 0.0222. The Kier molecular flexibility index (Phi) is 76.6. The van der Waals surface area contributed by atoms with E-state index in [9.17, 15) is 43.2 Å². The van der Waals surface area contributed by atoms with E-state index in [1.807, 2.05) is 0 Å². The van der Waals surface area contributed by atoms with E-state index in [-0.39, 0.29) is 25.7 Å². The molecule has 3 N–H and O–H groups in total. The molecule has 0 bridgehead atoms. The Bertz CT molecular complexity index is 2060. The maximum absolute atomic E-state index is 13.2. The highest BCUT2D eigenvalue weighted by molar-refractivity contribution is 7.47. The van der Waals surface area contributed by atoms with Crippen LogP contribution in [0, 0.1) is 17.8 Å². The van der Waals surface area contributed by atoms with Crippen molar-refractivity contribution in [1.29, 1.82) is 0 Å². The first-order valence-electron chi connectivity index (χ1n) is 45.4. The molecule has 0 saturated heterocycles. The molecule has 0 amide bonds. The Balaban J connectivity index is 5.26. The largest absolute Gasteiger partial charge is 0.472 e. The van der Waals surface area contributed by atoms with Crippen molar-refractivity contribution in [3.8, 4) is 0 Å². The Hall–Kier alpha value is -1.94. The van der Waals surface area contributed by atoms with Crippen LogP contribution in [0.3, 0.4) is 0 Å². The number of phosphoric acid groups is 2. The second kappa shape index (κ2) is 78.0. The standard InChI is InChI=1S/C88H172O17P2/c1-8-10-11-12-13-14-15-34-41-48-55-62-69-85(90)98-75-83(105-88(93)72-65-58-51-44-37-30-24-26-32-39-46-53-60-67-80(5)6)77-102-106(94,95)100-73-82(89)74-101-107(96,97)103-78-84(76-99-86(91)70-63-56-49-42-35-28-23-22-27-33-40-47-54-61-68-81(7)9-2)104-87(92)71-64-57-50-43-36-29-21-19-17-16-18-20-25-31-38-45-52-59-66-79(3)4/h79-84,89H,8-78H2,1-7H3,(H,94,95)(H,96,97)/t81?,82-,83+,84+/m0/s1. The highest BCUT2D eigenvalue weighted by atomic mass is 31.2. The zero-order chi connectivity index (χ0) is 78.6. The number of rotatable bonds is 86. The molecule has 0 spiro atoms. The van der Waals surface area contributed by atoms with Crippen molar-refractivity contribution in [2.45, 2.75) is 484 Å². The van der Waals surface area contributed by atoms with Gasteiger partial charge < -0.3 is 33.8 Å². The van der Waals surface area contributed by atoms with Crippen molar-refractivity contribution in [3.05, 3.63) is 0 Å². The first-order chi connectivity index (χ1) is 51.8. The molecule has 0 aromatic rings. The summed E-state index contributed by atoms with van der Waals surface area (Å²) in [6, 6.07) is 0. The van der Waals surface area contributed by atoms with Crippen LogP contribution in [0.1, 0.15) is 466 Å². The smallest absolute Gasteiger partial charge is 0.462 e. The van der Waals surface area contributed by atoms with Gasteiger partial charge in [0.05, 0.1) is 26.4 Å². The third-order valence-electron chi connectivity index (χ3n) is 21.0. The molecule has 0 rings (SSSR count). The molecule has 6 atom stereocenters. The molecule has 17 nitrogen and oxygen atoms in total. The summed E-state index contributed by atoms with van der Waals surface area (Å²) in [5.41, 5.74) is 0. The Morgan fingerprint density at radius 3 is 0.710 bits per heavy atom. The van der Waals surface area contributed by atoms with Crippen molar-refractivity contribution in [3.63, 3.8) is 0 Å². The fourth-order valence-corrected chi connectivity index (χ4v) is 15.3. The van der Waals surface area contributed by atoms with Gasteiger partial charge in [-0.25, -0.2) is 9.13 Å². The molecule has 636 valence electrons. The summed E-state index contributed by atoms with van der Waals surface area (Å²) in [4.78, 5) is 73.3. The lowest BCUT2D eigenvalue weighted by molar-refractivity contribution is -0.161. The summed E-state index contributed by atoms with van der Waals surface area (Å²) >= 11 is 0. The number of esters is 4. The molecular formula is C88H172O17P2. The van der Waals surface area contributed by atoms with Crippen molar-refractivity contribution in [2.75, 3.05) is 39.6 Å². The van der Waals surface area contributed by atoms with Gasteiger partial charge in [0.2, 0.25) is 0 Å². The van der Waals surface area contributed by atoms with Crippen molar-refractivity contribution < 1.29 is 80.2 Å². The van der Waals surface area contributed by atoms with Gasteiger partial charge in [-0.3, -0.25) is 37.3 Å². The number of hydrogen-bond acceptors (Lipinski definition) is 15. The second-order valence-electron chi connectivity index (χ2n) is 32.8. The molecule has 0 radical (unpaired) electrons. The number of phosphoric ester groups is 2. The molecule has 19 heteroatoms. The van der Waals surface area contributed by atoms with Crippen molar-refractivity contribution in [1.82, 2.24) is 0 Å². The summed E-state index contributed by atoms with van der Waals surface area (Å²) in [7, 11) is -9.93. The number of hydrogen-bond donors (Lipinski definition) is 3. The van der Waals surface area contributed by atoms with Gasteiger partial charge >= 0.3 is 39.5 Å². The summed E-state index contributed by atoms with van der Waals surface area (Å²) in [6.07, 6.45) is 69.3. The molecule has 0 aromatic heterocycles. The van der Waals surface area contributed by atoms with Crippen molar-refractivity contribution >= 4 is 39.5 Å². The molecule has 3 unspecified atom stereocenters. The number of ether oxygens (including phenoxy) is 4. The van der Waals surface area contributed by atoms with Crippen LogP contribution in [-0.4, -0.2) is 96.7 Å². The third-order valence-corrected chi connectivity index (χ3v) is 22.9. The van der Waals surface area contributed by atoms with Crippen LogP contribution < -0.4 is 0 Å². The lowest BCUT2D eigenvalue weighted by Gasteiger charge is -2.21. The highest BCUT2D eigenvalue weighted by Gasteiger charge is 2.31. The van der Waals surface area contributed by atoms with Crippen LogP contribution in [0.2, 0.25) is 0 Å². The van der Waals surface area contributed by atoms with Gasteiger partial charge in [0.15, 0.2) is 12.2 Å². The molecule has 107 heavy (non-hydrogen) atoms. The number of carbonyl (C=O) groups is 4. The SMILES string of the molecule is CCCCCCCCCCCCCCC(=O)OC[C@H](COP(=O)(O)OC[C@H](O)COP(=O)(O)OC[C@@H](COC(=O)CCCCCCCCCCCCCCCCC(C)CC)OC(=O)CCCCCCCCCCCCCCCCCCCCC(C)C)OC(=O)CCCCCCCCCCCCCCCC(C)C. The van der Waals surface area contributed by atoms with Gasteiger partial charge in [-0.1, -0.05) is 414 Å². The predicted octanol–water partition coefficient (Wildman–Crippen LogP) is 26.9. The van der Waals surface area contributed by atoms with Gasteiger partial charge in [-0.15, -0.1) is 0 Å². The average Bonchev–Trinajstić information content (AvgIpc) is 0.907. The van der Waals surface area contributed by atoms with E-state index in [0.29, 0.717) is 25.7 Å². The molecule has 0 aliphatic carbocycles. The van der Waals surface area contributed by atoms with E-state index in [2.05, 4.69) is 48.5 Å². The zero-order valence-corrected chi connectivity index (χ0v) is 72.4. The normalized spacial score (nSPS) is 14.1. The van der Waals surface area contributed by atoms with Gasteiger partial charge in [0.1, 0.15) is 19.3 Å². The minimum Gasteiger partial charge on any atom is -0.462 e. The first-order valence-corrected chi connectivity index (χ1v) is 48.4. The monoisotopic (exact) mass is 1560 g/mol. The van der Waals surface area contributed by atoms with Crippen LogP contribution in [0.15, 0.2) is 0 Å². The average molecular weight is 1560 g/mol. The van der Waals surface area contributed by atoms with Crippen molar-refractivity contribution in [2.24, 2.45) is 17.8 Å². The van der Waals surface area contributed by atoms with E-state index in [0.717, 1.165) is 108 Å². The number of carbonyl (C=O) groups excluding carboxylic acids is 4. The number of aliphatic hydroxyl groups is 1. The molecule has 0 aliphatic rings. The summed E-state index contributed by atoms with van der Waals surface area (Å²) < 4.78 is 69.0. The summed E-state index contributed by atoms with van der Waals surface area (Å²) in [5.74, 6) is 0.357. The van der Waals surface area contributed by atoms with E-state index in [1.54, 1.807) is 0 Å². The number of aliphatic hydroxyl groups excluding tert-OH is 1. The van der Waals surface area contributed by atoms with Crippen LogP contribution in [-0.2, 0) is 65.4 Å². The highest BCUT2D eigenvalue weighted by Crippen LogP contribution is 2.45. The van der Waals surface area contributed by atoms with Gasteiger partial charge in [0.25, 0.3) is 0 Å². The maximum atomic E-state index is 13.2. The molecule has 0 aromatic carbocycles. The second-order valence-corrected chi connectivity index (χ2v) is 35.7. The fourth-order valence-electron chi connectivity index (χ4n) is 13.7. The fraction of sp³-hybridized carbons (Fsp3) is 0.955. The Labute approximate surface area is 658 Å².